The Kier molecular flexibility index (Phi) is 5.85. The van der Waals surface area contributed by atoms with Gasteiger partial charge < -0.3 is 5.73 Å². The van der Waals surface area contributed by atoms with Gasteiger partial charge in [-0.25, -0.2) is 0 Å². The first-order chi connectivity index (χ1) is 6.84. The SMILES string of the molecule is C=C(C(Cl)c1ccccc1Cl)C(C)(C)N.Cl. The Morgan fingerprint density at radius 3 is 2.31 bits per heavy atom. The summed E-state index contributed by atoms with van der Waals surface area (Å²) in [5, 5.41) is 0.293. The molecule has 0 saturated carbocycles. The summed E-state index contributed by atoms with van der Waals surface area (Å²) in [4.78, 5) is 0. The van der Waals surface area contributed by atoms with Crippen molar-refractivity contribution in [1.29, 1.82) is 0 Å². The zero-order chi connectivity index (χ0) is 11.6. The van der Waals surface area contributed by atoms with Crippen molar-refractivity contribution in [3.63, 3.8) is 0 Å². The molecule has 0 bridgehead atoms. The molecule has 0 spiro atoms. The number of hydrogen-bond acceptors (Lipinski definition) is 1. The minimum atomic E-state index is -0.508. The number of hydrogen-bond donors (Lipinski definition) is 1. The van der Waals surface area contributed by atoms with Crippen LogP contribution in [-0.4, -0.2) is 5.54 Å². The molecule has 1 aromatic rings. The highest BCUT2D eigenvalue weighted by Crippen LogP contribution is 2.36. The smallest absolute Gasteiger partial charge is 0.0824 e. The summed E-state index contributed by atoms with van der Waals surface area (Å²) >= 11 is 12.3. The van der Waals surface area contributed by atoms with Gasteiger partial charge in [0.25, 0.3) is 0 Å². The molecule has 1 unspecified atom stereocenters. The van der Waals surface area contributed by atoms with Gasteiger partial charge in [-0.2, -0.15) is 0 Å². The number of benzene rings is 1. The second-order valence-electron chi connectivity index (χ2n) is 4.13. The maximum Gasteiger partial charge on any atom is 0.0824 e. The van der Waals surface area contributed by atoms with E-state index in [1.165, 1.54) is 0 Å². The lowest BCUT2D eigenvalue weighted by Crippen LogP contribution is -2.35. The first-order valence-corrected chi connectivity index (χ1v) is 5.52. The molecule has 0 saturated heterocycles. The third-order valence-corrected chi connectivity index (χ3v) is 3.15. The third-order valence-electron chi connectivity index (χ3n) is 2.31. The van der Waals surface area contributed by atoms with E-state index in [0.717, 1.165) is 11.1 Å². The van der Waals surface area contributed by atoms with Crippen LogP contribution in [0.5, 0.6) is 0 Å². The Morgan fingerprint density at radius 2 is 1.88 bits per heavy atom. The number of rotatable bonds is 3. The van der Waals surface area contributed by atoms with Gasteiger partial charge in [0.15, 0.2) is 0 Å². The molecule has 1 nitrogen and oxygen atoms in total. The fourth-order valence-corrected chi connectivity index (χ4v) is 1.97. The molecule has 0 amide bonds. The zero-order valence-electron chi connectivity index (χ0n) is 9.34. The number of halogens is 3. The molecular weight excluding hydrogens is 264 g/mol. The minimum Gasteiger partial charge on any atom is -0.322 e. The first-order valence-electron chi connectivity index (χ1n) is 4.70. The highest BCUT2D eigenvalue weighted by Gasteiger charge is 2.24. The number of nitrogens with two attached hydrogens (primary N) is 1. The van der Waals surface area contributed by atoms with Gasteiger partial charge in [0.2, 0.25) is 0 Å². The van der Waals surface area contributed by atoms with Gasteiger partial charge in [0.05, 0.1) is 5.38 Å². The average molecular weight is 281 g/mol. The quantitative estimate of drug-likeness (QED) is 0.647. The zero-order valence-corrected chi connectivity index (χ0v) is 11.7. The normalized spacial score (nSPS) is 12.8. The Morgan fingerprint density at radius 1 is 1.38 bits per heavy atom. The van der Waals surface area contributed by atoms with Gasteiger partial charge in [0.1, 0.15) is 0 Å². The summed E-state index contributed by atoms with van der Waals surface area (Å²) in [5.74, 6) is 0. The topological polar surface area (TPSA) is 26.0 Å². The van der Waals surface area contributed by atoms with Crippen LogP contribution in [0.25, 0.3) is 0 Å². The standard InChI is InChI=1S/C12H15Cl2N.ClH/c1-8(12(2,3)15)11(14)9-6-4-5-7-10(9)13;/h4-7,11H,1,15H2,2-3H3;1H. The Labute approximate surface area is 113 Å². The van der Waals surface area contributed by atoms with Crippen LogP contribution in [0.3, 0.4) is 0 Å². The minimum absolute atomic E-state index is 0. The summed E-state index contributed by atoms with van der Waals surface area (Å²) in [6.07, 6.45) is 0. The summed E-state index contributed by atoms with van der Waals surface area (Å²) in [6, 6.07) is 7.46. The van der Waals surface area contributed by atoms with Gasteiger partial charge in [-0.1, -0.05) is 36.4 Å². The van der Waals surface area contributed by atoms with Gasteiger partial charge in [-0.15, -0.1) is 24.0 Å². The van der Waals surface area contributed by atoms with E-state index in [-0.39, 0.29) is 17.8 Å². The van der Waals surface area contributed by atoms with Crippen molar-refractivity contribution < 1.29 is 0 Å². The fraction of sp³-hybridized carbons (Fsp3) is 0.333. The molecular formula is C12H16Cl3N. The van der Waals surface area contributed by atoms with Gasteiger partial charge in [-0.3, -0.25) is 0 Å². The maximum absolute atomic E-state index is 6.28. The Balaban J connectivity index is 0.00000225. The third kappa shape index (κ3) is 3.67. The van der Waals surface area contributed by atoms with Crippen molar-refractivity contribution in [2.24, 2.45) is 5.73 Å². The van der Waals surface area contributed by atoms with Crippen LogP contribution in [0.1, 0.15) is 24.8 Å². The van der Waals surface area contributed by atoms with Crippen LogP contribution in [0, 0.1) is 0 Å². The second-order valence-corrected chi connectivity index (χ2v) is 4.97. The largest absolute Gasteiger partial charge is 0.322 e. The second kappa shape index (κ2) is 5.92. The lowest BCUT2D eigenvalue weighted by atomic mass is 9.91. The van der Waals surface area contributed by atoms with Gasteiger partial charge in [0, 0.05) is 10.6 Å². The van der Waals surface area contributed by atoms with E-state index in [9.17, 15) is 0 Å². The Hall–Kier alpha value is -0.210. The molecule has 0 aliphatic carbocycles. The Bertz CT molecular complexity index is 369. The molecule has 1 rings (SSSR count). The highest BCUT2D eigenvalue weighted by molar-refractivity contribution is 6.33. The number of alkyl halides is 1. The van der Waals surface area contributed by atoms with E-state index < -0.39 is 5.54 Å². The van der Waals surface area contributed by atoms with Gasteiger partial charge >= 0.3 is 0 Å². The van der Waals surface area contributed by atoms with E-state index >= 15 is 0 Å². The molecule has 0 fully saturated rings. The van der Waals surface area contributed by atoms with Crippen LogP contribution in [0.2, 0.25) is 5.02 Å². The molecule has 0 heterocycles. The molecule has 4 heteroatoms. The monoisotopic (exact) mass is 279 g/mol. The molecule has 0 aromatic heterocycles. The van der Waals surface area contributed by atoms with Crippen molar-refractivity contribution in [2.45, 2.75) is 24.8 Å². The van der Waals surface area contributed by atoms with E-state index in [4.69, 9.17) is 28.9 Å². The van der Waals surface area contributed by atoms with Crippen LogP contribution in [0.4, 0.5) is 0 Å². The first kappa shape index (κ1) is 15.8. The lowest BCUT2D eigenvalue weighted by molar-refractivity contribution is 0.593. The molecule has 90 valence electrons. The van der Waals surface area contributed by atoms with Crippen molar-refractivity contribution in [3.05, 3.63) is 47.0 Å². The van der Waals surface area contributed by atoms with E-state index in [0.29, 0.717) is 5.02 Å². The predicted molar refractivity (Wildman–Crippen MR) is 74.7 cm³/mol. The van der Waals surface area contributed by atoms with E-state index in [1.54, 1.807) is 0 Å². The van der Waals surface area contributed by atoms with Gasteiger partial charge in [-0.05, 0) is 31.1 Å². The molecule has 1 aromatic carbocycles. The average Bonchev–Trinajstić information content (AvgIpc) is 2.15. The van der Waals surface area contributed by atoms with Crippen molar-refractivity contribution >= 4 is 35.6 Å². The summed E-state index contributed by atoms with van der Waals surface area (Å²) in [5.41, 5.74) is 7.04. The molecule has 1 atom stereocenters. The molecule has 0 aliphatic heterocycles. The van der Waals surface area contributed by atoms with Crippen LogP contribution in [0.15, 0.2) is 36.4 Å². The molecule has 2 N–H and O–H groups in total. The highest BCUT2D eigenvalue weighted by atomic mass is 35.5. The van der Waals surface area contributed by atoms with Crippen molar-refractivity contribution in [2.75, 3.05) is 0 Å². The summed E-state index contributed by atoms with van der Waals surface area (Å²) in [7, 11) is 0. The molecule has 0 aliphatic rings. The van der Waals surface area contributed by atoms with Crippen molar-refractivity contribution in [3.8, 4) is 0 Å². The predicted octanol–water partition coefficient (Wildman–Crippen LogP) is 4.34. The summed E-state index contributed by atoms with van der Waals surface area (Å²) in [6.45, 7) is 7.68. The maximum atomic E-state index is 6.28. The molecule has 16 heavy (non-hydrogen) atoms. The summed E-state index contributed by atoms with van der Waals surface area (Å²) < 4.78 is 0. The van der Waals surface area contributed by atoms with E-state index in [1.807, 2.05) is 38.1 Å². The fourth-order valence-electron chi connectivity index (χ4n) is 1.19. The lowest BCUT2D eigenvalue weighted by Gasteiger charge is -2.26. The van der Waals surface area contributed by atoms with Crippen molar-refractivity contribution in [1.82, 2.24) is 0 Å². The molecule has 0 radical (unpaired) electrons. The van der Waals surface area contributed by atoms with Crippen LogP contribution in [-0.2, 0) is 0 Å². The van der Waals surface area contributed by atoms with Crippen LogP contribution >= 0.6 is 35.6 Å². The van der Waals surface area contributed by atoms with E-state index in [2.05, 4.69) is 6.58 Å². The van der Waals surface area contributed by atoms with Crippen LogP contribution < -0.4 is 5.73 Å².